The first-order chi connectivity index (χ1) is 13.2. The zero-order valence-corrected chi connectivity index (χ0v) is 15.4. The minimum atomic E-state index is -0.199. The second-order valence-corrected chi connectivity index (χ2v) is 6.71. The van der Waals surface area contributed by atoms with Crippen LogP contribution in [0.5, 0.6) is 5.75 Å². The Morgan fingerprint density at radius 3 is 2.89 bits per heavy atom. The van der Waals surface area contributed by atoms with E-state index >= 15 is 0 Å². The van der Waals surface area contributed by atoms with Gasteiger partial charge >= 0.3 is 0 Å². The molecule has 2 heterocycles. The third kappa shape index (κ3) is 3.43. The highest BCUT2D eigenvalue weighted by Crippen LogP contribution is 2.33. The van der Waals surface area contributed by atoms with Crippen LogP contribution in [0.25, 0.3) is 11.4 Å². The maximum Gasteiger partial charge on any atom is 0.254 e. The van der Waals surface area contributed by atoms with E-state index in [0.29, 0.717) is 29.6 Å². The van der Waals surface area contributed by atoms with Crippen molar-refractivity contribution in [1.82, 2.24) is 15.0 Å². The second-order valence-electron chi connectivity index (χ2n) is 6.71. The molecule has 0 bridgehead atoms. The van der Waals surface area contributed by atoms with E-state index in [1.54, 1.807) is 19.2 Å². The lowest BCUT2D eigenvalue weighted by Crippen LogP contribution is -2.30. The topological polar surface area (TPSA) is 68.5 Å². The summed E-state index contributed by atoms with van der Waals surface area (Å²) in [7, 11) is 1.59. The van der Waals surface area contributed by atoms with Crippen LogP contribution in [0.4, 0.5) is 0 Å². The fourth-order valence-corrected chi connectivity index (χ4v) is 3.46. The number of hydrogen-bond donors (Lipinski definition) is 0. The smallest absolute Gasteiger partial charge is 0.254 e. The second kappa shape index (κ2) is 7.23. The lowest BCUT2D eigenvalue weighted by molar-refractivity contribution is 0.0709. The Labute approximate surface area is 157 Å². The van der Waals surface area contributed by atoms with Crippen molar-refractivity contribution in [1.29, 1.82) is 0 Å². The van der Waals surface area contributed by atoms with E-state index in [0.717, 1.165) is 24.0 Å². The number of hydrogen-bond acceptors (Lipinski definition) is 5. The number of nitrogens with zero attached hydrogens (tertiary/aromatic N) is 3. The van der Waals surface area contributed by atoms with Crippen LogP contribution in [-0.4, -0.2) is 34.6 Å². The van der Waals surface area contributed by atoms with Crippen LogP contribution in [0.15, 0.2) is 53.1 Å². The highest BCUT2D eigenvalue weighted by atomic mass is 16.5. The van der Waals surface area contributed by atoms with Crippen molar-refractivity contribution >= 4 is 5.91 Å². The third-order valence-corrected chi connectivity index (χ3v) is 4.83. The molecule has 2 aromatic carbocycles. The van der Waals surface area contributed by atoms with Gasteiger partial charge in [0.25, 0.3) is 5.91 Å². The average molecular weight is 363 g/mol. The van der Waals surface area contributed by atoms with Gasteiger partial charge < -0.3 is 14.2 Å². The van der Waals surface area contributed by atoms with Gasteiger partial charge in [0.05, 0.1) is 7.11 Å². The molecule has 6 nitrogen and oxygen atoms in total. The minimum absolute atomic E-state index is 0.0493. The van der Waals surface area contributed by atoms with Gasteiger partial charge in [0, 0.05) is 17.7 Å². The largest absolute Gasteiger partial charge is 0.497 e. The predicted octanol–water partition coefficient (Wildman–Crippen LogP) is 4.03. The molecule has 1 aromatic heterocycles. The van der Waals surface area contributed by atoms with Gasteiger partial charge in [-0.25, -0.2) is 0 Å². The normalized spacial score (nSPS) is 16.5. The fourth-order valence-electron chi connectivity index (χ4n) is 3.46. The quantitative estimate of drug-likeness (QED) is 0.700. The van der Waals surface area contributed by atoms with E-state index in [9.17, 15) is 4.79 Å². The van der Waals surface area contributed by atoms with Crippen LogP contribution < -0.4 is 4.74 Å². The van der Waals surface area contributed by atoms with E-state index in [2.05, 4.69) is 10.1 Å². The summed E-state index contributed by atoms with van der Waals surface area (Å²) in [6.45, 7) is 2.69. The maximum atomic E-state index is 13.0. The molecule has 138 valence electrons. The predicted molar refractivity (Wildman–Crippen MR) is 100 cm³/mol. The number of aryl methyl sites for hydroxylation is 1. The fraction of sp³-hybridized carbons (Fsp3) is 0.286. The monoisotopic (exact) mass is 363 g/mol. The van der Waals surface area contributed by atoms with E-state index in [4.69, 9.17) is 9.26 Å². The molecule has 1 unspecified atom stereocenters. The van der Waals surface area contributed by atoms with Crippen molar-refractivity contribution in [2.45, 2.75) is 25.8 Å². The van der Waals surface area contributed by atoms with E-state index in [-0.39, 0.29) is 11.9 Å². The molecule has 1 amide bonds. The molecule has 0 saturated carbocycles. The summed E-state index contributed by atoms with van der Waals surface area (Å²) in [5, 5.41) is 4.12. The summed E-state index contributed by atoms with van der Waals surface area (Å²) >= 11 is 0. The molecule has 4 rings (SSSR count). The van der Waals surface area contributed by atoms with Gasteiger partial charge in [0.1, 0.15) is 11.8 Å². The molecule has 27 heavy (non-hydrogen) atoms. The third-order valence-electron chi connectivity index (χ3n) is 4.83. The first-order valence-corrected chi connectivity index (χ1v) is 9.01. The van der Waals surface area contributed by atoms with Crippen molar-refractivity contribution in [3.63, 3.8) is 0 Å². The van der Waals surface area contributed by atoms with Crippen molar-refractivity contribution in [2.75, 3.05) is 13.7 Å². The number of carbonyl (C=O) groups is 1. The number of aromatic nitrogens is 2. The molecule has 0 spiro atoms. The zero-order chi connectivity index (χ0) is 18.8. The number of carbonyl (C=O) groups excluding carboxylic acids is 1. The lowest BCUT2D eigenvalue weighted by Gasteiger charge is -2.22. The number of amides is 1. The zero-order valence-electron chi connectivity index (χ0n) is 15.4. The van der Waals surface area contributed by atoms with Crippen LogP contribution in [-0.2, 0) is 0 Å². The van der Waals surface area contributed by atoms with Crippen molar-refractivity contribution < 1.29 is 14.1 Å². The molecular formula is C21H21N3O3. The summed E-state index contributed by atoms with van der Waals surface area (Å²) in [5.74, 6) is 1.65. The van der Waals surface area contributed by atoms with Gasteiger partial charge in [0.2, 0.25) is 11.7 Å². The molecule has 0 N–H and O–H groups in total. The highest BCUT2D eigenvalue weighted by molar-refractivity contribution is 5.95. The van der Waals surface area contributed by atoms with Crippen LogP contribution >= 0.6 is 0 Å². The van der Waals surface area contributed by atoms with Crippen LogP contribution in [0.3, 0.4) is 0 Å². The molecule has 0 radical (unpaired) electrons. The number of ether oxygens (including phenoxy) is 1. The molecule has 1 saturated heterocycles. The van der Waals surface area contributed by atoms with Gasteiger partial charge in [0.15, 0.2) is 0 Å². The van der Waals surface area contributed by atoms with Crippen LogP contribution in [0, 0.1) is 6.92 Å². The Bertz CT molecular complexity index is 967. The van der Waals surface area contributed by atoms with E-state index in [1.807, 2.05) is 48.2 Å². The molecule has 1 aliphatic rings. The van der Waals surface area contributed by atoms with E-state index < -0.39 is 0 Å². The Morgan fingerprint density at radius 1 is 1.22 bits per heavy atom. The first-order valence-electron chi connectivity index (χ1n) is 9.01. The minimum Gasteiger partial charge on any atom is -0.497 e. The SMILES string of the molecule is COc1cccc(C(=O)N2CCCC2c2nc(-c3cccc(C)c3)no2)c1. The van der Waals surface area contributed by atoms with Crippen molar-refractivity contribution in [3.8, 4) is 17.1 Å². The highest BCUT2D eigenvalue weighted by Gasteiger charge is 2.34. The number of benzene rings is 2. The molecule has 3 aromatic rings. The van der Waals surface area contributed by atoms with Gasteiger partial charge in [-0.3, -0.25) is 4.79 Å². The van der Waals surface area contributed by atoms with Crippen LogP contribution in [0.2, 0.25) is 0 Å². The summed E-state index contributed by atoms with van der Waals surface area (Å²) in [4.78, 5) is 19.4. The molecule has 1 aliphatic heterocycles. The average Bonchev–Trinajstić information content (AvgIpc) is 3.36. The Balaban J connectivity index is 1.59. The lowest BCUT2D eigenvalue weighted by atomic mass is 10.1. The van der Waals surface area contributed by atoms with Gasteiger partial charge in [-0.15, -0.1) is 0 Å². The number of likely N-dealkylation sites (tertiary alicyclic amines) is 1. The summed E-state index contributed by atoms with van der Waals surface area (Å²) in [6.07, 6.45) is 1.72. The van der Waals surface area contributed by atoms with Gasteiger partial charge in [-0.05, 0) is 44.0 Å². The molecule has 0 aliphatic carbocycles. The molecule has 6 heteroatoms. The Kier molecular flexibility index (Phi) is 4.62. The number of rotatable bonds is 4. The Morgan fingerprint density at radius 2 is 2.07 bits per heavy atom. The molecule has 1 atom stereocenters. The summed E-state index contributed by atoms with van der Waals surface area (Å²) in [6, 6.07) is 15.0. The molecule has 1 fully saturated rings. The van der Waals surface area contributed by atoms with Gasteiger partial charge in [-0.1, -0.05) is 35.0 Å². The standard InChI is InChI=1S/C21H21N3O3/c1-14-6-3-7-15(12-14)19-22-20(27-23-19)18-10-5-11-24(18)21(25)16-8-4-9-17(13-16)26-2/h3-4,6-9,12-13,18H,5,10-11H2,1-2H3. The van der Waals surface area contributed by atoms with Crippen molar-refractivity contribution in [3.05, 3.63) is 65.5 Å². The Hall–Kier alpha value is -3.15. The van der Waals surface area contributed by atoms with Gasteiger partial charge in [-0.2, -0.15) is 4.98 Å². The first kappa shape index (κ1) is 17.3. The summed E-state index contributed by atoms with van der Waals surface area (Å²) < 4.78 is 10.8. The molecular weight excluding hydrogens is 342 g/mol. The maximum absolute atomic E-state index is 13.0. The van der Waals surface area contributed by atoms with Crippen LogP contribution in [0.1, 0.15) is 40.7 Å². The van der Waals surface area contributed by atoms with Crippen molar-refractivity contribution in [2.24, 2.45) is 0 Å². The summed E-state index contributed by atoms with van der Waals surface area (Å²) in [5.41, 5.74) is 2.64. The number of methoxy groups -OCH3 is 1. The van der Waals surface area contributed by atoms with E-state index in [1.165, 1.54) is 0 Å².